The number of hydrogen-bond acceptors (Lipinski definition) is 5. The summed E-state index contributed by atoms with van der Waals surface area (Å²) in [7, 11) is 1.31. The number of hydrogen-bond donors (Lipinski definition) is 2. The molecule has 0 radical (unpaired) electrons. The molecule has 114 valence electrons. The zero-order valence-electron chi connectivity index (χ0n) is 12.0. The number of rotatable bonds is 4. The molecule has 1 atom stereocenters. The fourth-order valence-corrected chi connectivity index (χ4v) is 2.36. The minimum atomic E-state index is -0.573. The standard InChI is InChI=1S/C15H20N2O4/c1-20-15(19)11-3-2-4-12(9-11)17-14(18)13(16)10-5-7-21-8-6-10/h2-4,9-10,13H,5-8,16H2,1H3,(H,17,18). The van der Waals surface area contributed by atoms with Crippen LogP contribution in [0.2, 0.25) is 0 Å². The highest BCUT2D eigenvalue weighted by atomic mass is 16.5. The molecule has 1 unspecified atom stereocenters. The maximum Gasteiger partial charge on any atom is 0.337 e. The van der Waals surface area contributed by atoms with Crippen LogP contribution in [0.3, 0.4) is 0 Å². The molecule has 1 heterocycles. The van der Waals surface area contributed by atoms with E-state index in [0.29, 0.717) is 24.5 Å². The summed E-state index contributed by atoms with van der Waals surface area (Å²) in [6.45, 7) is 1.28. The molecule has 2 rings (SSSR count). The van der Waals surface area contributed by atoms with Gasteiger partial charge in [0.25, 0.3) is 0 Å². The number of benzene rings is 1. The van der Waals surface area contributed by atoms with Crippen molar-refractivity contribution in [3.8, 4) is 0 Å². The lowest BCUT2D eigenvalue weighted by molar-refractivity contribution is -0.119. The van der Waals surface area contributed by atoms with E-state index in [1.54, 1.807) is 24.3 Å². The summed E-state index contributed by atoms with van der Waals surface area (Å²) in [5, 5.41) is 2.75. The van der Waals surface area contributed by atoms with Gasteiger partial charge in [-0.2, -0.15) is 0 Å². The second kappa shape index (κ2) is 7.19. The number of nitrogens with two attached hydrogens (primary N) is 1. The Kier molecular flexibility index (Phi) is 5.30. The third-order valence-electron chi connectivity index (χ3n) is 3.63. The third kappa shape index (κ3) is 4.03. The molecule has 0 aliphatic carbocycles. The van der Waals surface area contributed by atoms with Crippen LogP contribution in [0.1, 0.15) is 23.2 Å². The fraction of sp³-hybridized carbons (Fsp3) is 0.467. The number of carbonyl (C=O) groups excluding carboxylic acids is 2. The predicted molar refractivity (Wildman–Crippen MR) is 77.9 cm³/mol. The highest BCUT2D eigenvalue weighted by molar-refractivity contribution is 5.97. The van der Waals surface area contributed by atoms with Gasteiger partial charge in [0.05, 0.1) is 18.7 Å². The average molecular weight is 292 g/mol. The second-order valence-corrected chi connectivity index (χ2v) is 5.04. The maximum atomic E-state index is 12.2. The zero-order chi connectivity index (χ0) is 15.2. The number of ether oxygens (including phenoxy) is 2. The fourth-order valence-electron chi connectivity index (χ4n) is 2.36. The summed E-state index contributed by atoms with van der Waals surface area (Å²) in [5.41, 5.74) is 6.92. The first-order chi connectivity index (χ1) is 10.1. The van der Waals surface area contributed by atoms with E-state index >= 15 is 0 Å². The summed E-state index contributed by atoms with van der Waals surface area (Å²) < 4.78 is 9.91. The minimum Gasteiger partial charge on any atom is -0.465 e. The molecule has 6 nitrogen and oxygen atoms in total. The van der Waals surface area contributed by atoms with Gasteiger partial charge in [0.15, 0.2) is 0 Å². The van der Waals surface area contributed by atoms with E-state index in [4.69, 9.17) is 10.5 Å². The molecule has 0 bridgehead atoms. The quantitative estimate of drug-likeness (QED) is 0.813. The van der Waals surface area contributed by atoms with Crippen molar-refractivity contribution < 1.29 is 19.1 Å². The van der Waals surface area contributed by atoms with E-state index in [0.717, 1.165) is 12.8 Å². The first-order valence-electron chi connectivity index (χ1n) is 6.94. The molecular weight excluding hydrogens is 272 g/mol. The number of carbonyl (C=O) groups is 2. The second-order valence-electron chi connectivity index (χ2n) is 5.04. The van der Waals surface area contributed by atoms with Crippen molar-refractivity contribution in [2.24, 2.45) is 11.7 Å². The van der Waals surface area contributed by atoms with Gasteiger partial charge in [0, 0.05) is 18.9 Å². The number of nitrogens with one attached hydrogen (secondary N) is 1. The first kappa shape index (κ1) is 15.5. The van der Waals surface area contributed by atoms with E-state index in [1.165, 1.54) is 7.11 Å². The average Bonchev–Trinajstić information content (AvgIpc) is 2.54. The molecule has 1 amide bonds. The zero-order valence-corrected chi connectivity index (χ0v) is 12.0. The van der Waals surface area contributed by atoms with Gasteiger partial charge in [-0.25, -0.2) is 4.79 Å². The lowest BCUT2D eigenvalue weighted by atomic mass is 9.92. The summed E-state index contributed by atoms with van der Waals surface area (Å²) in [4.78, 5) is 23.6. The molecule has 0 aromatic heterocycles. The van der Waals surface area contributed by atoms with Crippen LogP contribution in [0.15, 0.2) is 24.3 Å². The predicted octanol–water partition coefficient (Wildman–Crippen LogP) is 1.17. The SMILES string of the molecule is COC(=O)c1cccc(NC(=O)C(N)C2CCOCC2)c1. The van der Waals surface area contributed by atoms with Crippen molar-refractivity contribution in [3.05, 3.63) is 29.8 Å². The van der Waals surface area contributed by atoms with Crippen LogP contribution in [0.5, 0.6) is 0 Å². The van der Waals surface area contributed by atoms with Gasteiger partial charge in [-0.1, -0.05) is 6.07 Å². The van der Waals surface area contributed by atoms with Crippen LogP contribution >= 0.6 is 0 Å². The van der Waals surface area contributed by atoms with Gasteiger partial charge in [-0.3, -0.25) is 4.79 Å². The van der Waals surface area contributed by atoms with Crippen LogP contribution in [-0.2, 0) is 14.3 Å². The van der Waals surface area contributed by atoms with Gasteiger partial charge in [-0.15, -0.1) is 0 Å². The topological polar surface area (TPSA) is 90.7 Å². The molecule has 6 heteroatoms. The maximum absolute atomic E-state index is 12.2. The molecule has 21 heavy (non-hydrogen) atoms. The van der Waals surface area contributed by atoms with Gasteiger partial charge >= 0.3 is 5.97 Å². The molecule has 0 saturated carbocycles. The molecule has 1 fully saturated rings. The molecule has 1 saturated heterocycles. The minimum absolute atomic E-state index is 0.127. The molecule has 1 aliphatic heterocycles. The molecule has 0 spiro atoms. The van der Waals surface area contributed by atoms with Crippen LogP contribution in [0.4, 0.5) is 5.69 Å². The van der Waals surface area contributed by atoms with E-state index in [9.17, 15) is 9.59 Å². The van der Waals surface area contributed by atoms with E-state index in [1.807, 2.05) is 0 Å². The Bertz CT molecular complexity index is 512. The van der Waals surface area contributed by atoms with Crippen LogP contribution in [0, 0.1) is 5.92 Å². The normalized spacial score (nSPS) is 17.0. The Balaban J connectivity index is 2.00. The summed E-state index contributed by atoms with van der Waals surface area (Å²) in [5.74, 6) is -0.564. The van der Waals surface area contributed by atoms with Crippen molar-refractivity contribution >= 4 is 17.6 Å². The summed E-state index contributed by atoms with van der Waals surface area (Å²) >= 11 is 0. The molecule has 3 N–H and O–H groups in total. The number of esters is 1. The Labute approximate surface area is 123 Å². The molecule has 1 aliphatic rings. The lowest BCUT2D eigenvalue weighted by Gasteiger charge is -2.26. The van der Waals surface area contributed by atoms with E-state index in [-0.39, 0.29) is 11.8 Å². The van der Waals surface area contributed by atoms with Crippen LogP contribution in [0.25, 0.3) is 0 Å². The molecular formula is C15H20N2O4. The Morgan fingerprint density at radius 3 is 2.76 bits per heavy atom. The number of amides is 1. The summed E-state index contributed by atoms with van der Waals surface area (Å²) in [6.07, 6.45) is 1.58. The van der Waals surface area contributed by atoms with Gasteiger partial charge in [0.1, 0.15) is 0 Å². The van der Waals surface area contributed by atoms with Gasteiger partial charge in [-0.05, 0) is 37.0 Å². The Morgan fingerprint density at radius 2 is 2.10 bits per heavy atom. The number of methoxy groups -OCH3 is 1. The Hall–Kier alpha value is -1.92. The number of anilines is 1. The highest BCUT2D eigenvalue weighted by Crippen LogP contribution is 2.19. The van der Waals surface area contributed by atoms with E-state index < -0.39 is 12.0 Å². The van der Waals surface area contributed by atoms with Crippen LogP contribution in [-0.4, -0.2) is 38.2 Å². The van der Waals surface area contributed by atoms with Gasteiger partial charge in [0.2, 0.25) is 5.91 Å². The lowest BCUT2D eigenvalue weighted by Crippen LogP contribution is -2.44. The largest absolute Gasteiger partial charge is 0.465 e. The highest BCUT2D eigenvalue weighted by Gasteiger charge is 2.26. The van der Waals surface area contributed by atoms with Crippen molar-refractivity contribution in [2.75, 3.05) is 25.6 Å². The Morgan fingerprint density at radius 1 is 1.38 bits per heavy atom. The van der Waals surface area contributed by atoms with Gasteiger partial charge < -0.3 is 20.5 Å². The molecule has 1 aromatic carbocycles. The molecule has 1 aromatic rings. The summed E-state index contributed by atoms with van der Waals surface area (Å²) in [6, 6.07) is 6.01. The third-order valence-corrected chi connectivity index (χ3v) is 3.63. The van der Waals surface area contributed by atoms with Crippen molar-refractivity contribution in [1.82, 2.24) is 0 Å². The van der Waals surface area contributed by atoms with Crippen molar-refractivity contribution in [1.29, 1.82) is 0 Å². The van der Waals surface area contributed by atoms with E-state index in [2.05, 4.69) is 10.1 Å². The van der Waals surface area contributed by atoms with Crippen LogP contribution < -0.4 is 11.1 Å². The van der Waals surface area contributed by atoms with Crippen molar-refractivity contribution in [2.45, 2.75) is 18.9 Å². The first-order valence-corrected chi connectivity index (χ1v) is 6.94. The monoisotopic (exact) mass is 292 g/mol. The van der Waals surface area contributed by atoms with Crippen molar-refractivity contribution in [3.63, 3.8) is 0 Å². The smallest absolute Gasteiger partial charge is 0.337 e.